The molecule has 3 aromatic carbocycles. The first-order chi connectivity index (χ1) is 18.5. The fraction of sp³-hybridized carbons (Fsp3) is 0.290. The van der Waals surface area contributed by atoms with Crippen LogP contribution in [0.3, 0.4) is 0 Å². The summed E-state index contributed by atoms with van der Waals surface area (Å²) in [4.78, 5) is 31.1. The van der Waals surface area contributed by atoms with Crippen molar-refractivity contribution in [2.75, 3.05) is 43.4 Å². The first kappa shape index (κ1) is 25.9. The van der Waals surface area contributed by atoms with E-state index in [9.17, 15) is 9.59 Å². The highest BCUT2D eigenvalue weighted by Gasteiger charge is 2.22. The normalized spacial score (nSPS) is 13.6. The molecule has 0 atom stereocenters. The molecule has 0 bridgehead atoms. The summed E-state index contributed by atoms with van der Waals surface area (Å²) < 4.78 is 2.17. The molecule has 0 saturated carbocycles. The Kier molecular flexibility index (Phi) is 8.03. The maximum Gasteiger partial charge on any atom is 0.251 e. The summed E-state index contributed by atoms with van der Waals surface area (Å²) >= 11 is 1.60. The number of hydrogen-bond donors (Lipinski definition) is 1. The van der Waals surface area contributed by atoms with Crippen LogP contribution in [-0.2, 0) is 11.3 Å². The van der Waals surface area contributed by atoms with Crippen LogP contribution in [0.4, 0.5) is 5.69 Å². The van der Waals surface area contributed by atoms with Gasteiger partial charge in [0.25, 0.3) is 5.91 Å². The van der Waals surface area contributed by atoms with Crippen LogP contribution < -0.4 is 10.2 Å². The van der Waals surface area contributed by atoms with Gasteiger partial charge in [-0.2, -0.15) is 0 Å². The molecule has 4 aromatic rings. The van der Waals surface area contributed by atoms with E-state index in [1.807, 2.05) is 49.1 Å². The van der Waals surface area contributed by atoms with E-state index in [0.717, 1.165) is 53.1 Å². The van der Waals surface area contributed by atoms with Crippen LogP contribution in [0.5, 0.6) is 0 Å². The number of benzene rings is 3. The van der Waals surface area contributed by atoms with Gasteiger partial charge in [0, 0.05) is 72.5 Å². The van der Waals surface area contributed by atoms with Gasteiger partial charge in [-0.3, -0.25) is 9.59 Å². The summed E-state index contributed by atoms with van der Waals surface area (Å²) in [5.41, 5.74) is 5.19. The summed E-state index contributed by atoms with van der Waals surface area (Å²) in [5.74, 6) is 0.545. The third-order valence-corrected chi connectivity index (χ3v) is 8.01. The minimum atomic E-state index is -0.0548. The Morgan fingerprint density at radius 3 is 2.29 bits per heavy atom. The Morgan fingerprint density at radius 2 is 1.55 bits per heavy atom. The fourth-order valence-corrected chi connectivity index (χ4v) is 6.09. The number of nitrogens with zero attached hydrogens (tertiary/aromatic N) is 3. The van der Waals surface area contributed by atoms with Gasteiger partial charge in [0.05, 0.1) is 5.75 Å². The molecule has 1 saturated heterocycles. The van der Waals surface area contributed by atoms with E-state index < -0.39 is 0 Å². The monoisotopic (exact) mass is 526 g/mol. The van der Waals surface area contributed by atoms with Gasteiger partial charge in [0.15, 0.2) is 0 Å². The second-order valence-corrected chi connectivity index (χ2v) is 10.8. The van der Waals surface area contributed by atoms with Crippen molar-refractivity contribution in [3.8, 4) is 0 Å². The lowest BCUT2D eigenvalue weighted by Gasteiger charge is -2.36. The van der Waals surface area contributed by atoms with Crippen LogP contribution in [-0.4, -0.2) is 59.8 Å². The molecule has 196 valence electrons. The standard InChI is InChI=1S/C31H34N4O2S/c1-23-18-24(2)20-25(19-23)31(37)32-12-13-35-21-29(27-10-6-7-11-28(27)35)38-22-30(36)34-16-14-33(15-17-34)26-8-4-3-5-9-26/h3-11,18-21H,12-17,22H2,1-2H3,(H,32,37). The Labute approximate surface area is 228 Å². The van der Waals surface area contributed by atoms with Crippen LogP contribution in [0.15, 0.2) is 83.9 Å². The number of carbonyl (C=O) groups is 2. The van der Waals surface area contributed by atoms with Gasteiger partial charge >= 0.3 is 0 Å². The largest absolute Gasteiger partial charge is 0.368 e. The highest BCUT2D eigenvalue weighted by molar-refractivity contribution is 8.00. The molecular formula is C31H34N4O2S. The Balaban J connectivity index is 1.17. The van der Waals surface area contributed by atoms with Crippen LogP contribution in [0.2, 0.25) is 0 Å². The maximum atomic E-state index is 13.0. The lowest BCUT2D eigenvalue weighted by Crippen LogP contribution is -2.49. The summed E-state index contributed by atoms with van der Waals surface area (Å²) in [6.07, 6.45) is 2.11. The number of aromatic nitrogens is 1. The molecule has 6 nitrogen and oxygen atoms in total. The van der Waals surface area contributed by atoms with Gasteiger partial charge < -0.3 is 19.7 Å². The molecular weight excluding hydrogens is 492 g/mol. The molecule has 1 aliphatic heterocycles. The summed E-state index contributed by atoms with van der Waals surface area (Å²) in [6.45, 7) is 8.40. The van der Waals surface area contributed by atoms with Crippen LogP contribution in [0.25, 0.3) is 10.9 Å². The number of piperazine rings is 1. The van der Waals surface area contributed by atoms with E-state index in [1.54, 1.807) is 11.8 Å². The number of aryl methyl sites for hydroxylation is 2. The van der Waals surface area contributed by atoms with Crippen molar-refractivity contribution in [1.82, 2.24) is 14.8 Å². The molecule has 7 heteroatoms. The minimum Gasteiger partial charge on any atom is -0.368 e. The number of para-hydroxylation sites is 2. The average molecular weight is 527 g/mol. The topological polar surface area (TPSA) is 57.6 Å². The highest BCUT2D eigenvalue weighted by atomic mass is 32.2. The smallest absolute Gasteiger partial charge is 0.251 e. The van der Waals surface area contributed by atoms with Gasteiger partial charge in [-0.05, 0) is 44.2 Å². The van der Waals surface area contributed by atoms with E-state index in [0.29, 0.717) is 24.4 Å². The second kappa shape index (κ2) is 11.8. The average Bonchev–Trinajstić information content (AvgIpc) is 3.29. The number of amides is 2. The number of carbonyl (C=O) groups excluding carboxylic acids is 2. The lowest BCUT2D eigenvalue weighted by molar-refractivity contribution is -0.128. The van der Waals surface area contributed by atoms with Gasteiger partial charge in [0.2, 0.25) is 5.91 Å². The molecule has 1 fully saturated rings. The van der Waals surface area contributed by atoms with E-state index in [-0.39, 0.29) is 11.8 Å². The second-order valence-electron chi connectivity index (χ2n) is 9.83. The summed E-state index contributed by atoms with van der Waals surface area (Å²) in [7, 11) is 0. The Hall–Kier alpha value is -3.71. The summed E-state index contributed by atoms with van der Waals surface area (Å²) in [5, 5.41) is 4.19. The predicted octanol–water partition coefficient (Wildman–Crippen LogP) is 5.13. The van der Waals surface area contributed by atoms with Gasteiger partial charge in [-0.1, -0.05) is 53.6 Å². The maximum absolute atomic E-state index is 13.0. The molecule has 2 heterocycles. The van der Waals surface area contributed by atoms with E-state index in [1.165, 1.54) is 5.69 Å². The van der Waals surface area contributed by atoms with Gasteiger partial charge in [-0.25, -0.2) is 0 Å². The van der Waals surface area contributed by atoms with Crippen molar-refractivity contribution in [2.45, 2.75) is 25.3 Å². The van der Waals surface area contributed by atoms with Gasteiger partial charge in [0.1, 0.15) is 0 Å². The SMILES string of the molecule is Cc1cc(C)cc(C(=O)NCCn2cc(SCC(=O)N3CCN(c4ccccc4)CC3)c3ccccc32)c1. The van der Waals surface area contributed by atoms with E-state index >= 15 is 0 Å². The molecule has 1 aromatic heterocycles. The first-order valence-electron chi connectivity index (χ1n) is 13.1. The highest BCUT2D eigenvalue weighted by Crippen LogP contribution is 2.30. The molecule has 0 aliphatic carbocycles. The van der Waals surface area contributed by atoms with Crippen molar-refractivity contribution in [3.05, 3.63) is 95.7 Å². The minimum absolute atomic E-state index is 0.0548. The number of hydrogen-bond acceptors (Lipinski definition) is 4. The van der Waals surface area contributed by atoms with Crippen LogP contribution in [0.1, 0.15) is 21.5 Å². The Morgan fingerprint density at radius 1 is 0.868 bits per heavy atom. The molecule has 0 radical (unpaired) electrons. The van der Waals surface area contributed by atoms with Crippen LogP contribution >= 0.6 is 11.8 Å². The number of rotatable bonds is 8. The van der Waals surface area contributed by atoms with E-state index in [2.05, 4.69) is 63.4 Å². The van der Waals surface area contributed by atoms with Gasteiger partial charge in [-0.15, -0.1) is 11.8 Å². The summed E-state index contributed by atoms with van der Waals surface area (Å²) in [6, 6.07) is 24.5. The number of nitrogens with one attached hydrogen (secondary N) is 1. The van der Waals surface area contributed by atoms with Crippen molar-refractivity contribution >= 4 is 40.2 Å². The molecule has 0 unspecified atom stereocenters. The zero-order valence-electron chi connectivity index (χ0n) is 22.0. The van der Waals surface area contributed by atoms with Crippen molar-refractivity contribution in [1.29, 1.82) is 0 Å². The molecule has 1 aliphatic rings. The predicted molar refractivity (Wildman–Crippen MR) is 156 cm³/mol. The fourth-order valence-electron chi connectivity index (χ4n) is 5.09. The number of fused-ring (bicyclic) bond motifs is 1. The van der Waals surface area contributed by atoms with E-state index in [4.69, 9.17) is 0 Å². The molecule has 0 spiro atoms. The molecule has 1 N–H and O–H groups in total. The van der Waals surface area contributed by atoms with Crippen molar-refractivity contribution < 1.29 is 9.59 Å². The number of thioether (sulfide) groups is 1. The third-order valence-electron chi connectivity index (χ3n) is 6.98. The zero-order chi connectivity index (χ0) is 26.5. The first-order valence-corrected chi connectivity index (χ1v) is 14.1. The van der Waals surface area contributed by atoms with Crippen LogP contribution in [0, 0.1) is 13.8 Å². The van der Waals surface area contributed by atoms with Crippen molar-refractivity contribution in [3.63, 3.8) is 0 Å². The molecule has 2 amide bonds. The third kappa shape index (κ3) is 6.05. The quantitative estimate of drug-likeness (QED) is 0.324. The zero-order valence-corrected chi connectivity index (χ0v) is 22.8. The van der Waals surface area contributed by atoms with Crippen molar-refractivity contribution in [2.24, 2.45) is 0 Å². The lowest BCUT2D eigenvalue weighted by atomic mass is 10.1. The number of anilines is 1. The Bertz CT molecular complexity index is 1400. The molecule has 38 heavy (non-hydrogen) atoms. The molecule has 5 rings (SSSR count).